The topological polar surface area (TPSA) is 90.5 Å². The van der Waals surface area contributed by atoms with Crippen molar-refractivity contribution in [3.63, 3.8) is 0 Å². The molecule has 41 heavy (non-hydrogen) atoms. The number of H-pyrrole nitrogens is 1. The van der Waals surface area contributed by atoms with Gasteiger partial charge in [0.1, 0.15) is 0 Å². The Hall–Kier alpha value is -4.46. The van der Waals surface area contributed by atoms with Crippen LogP contribution in [0.1, 0.15) is 28.2 Å². The summed E-state index contributed by atoms with van der Waals surface area (Å²) in [5.74, 6) is -1.74. The Labute approximate surface area is 244 Å². The smallest absolute Gasteiger partial charge is 0.239 e. The van der Waals surface area contributed by atoms with Crippen LogP contribution in [0.3, 0.4) is 0 Å². The molecule has 2 bridgehead atoms. The highest BCUT2D eigenvalue weighted by atomic mass is 35.5. The summed E-state index contributed by atoms with van der Waals surface area (Å²) in [6, 6.07) is 28.6. The lowest BCUT2D eigenvalue weighted by Gasteiger charge is -2.52. The van der Waals surface area contributed by atoms with Crippen molar-refractivity contribution in [2.45, 2.75) is 11.3 Å². The molecule has 2 atom stereocenters. The third-order valence-corrected chi connectivity index (χ3v) is 9.20. The number of anilines is 2. The van der Waals surface area contributed by atoms with Gasteiger partial charge in [-0.15, -0.1) is 0 Å². The predicted molar refractivity (Wildman–Crippen MR) is 160 cm³/mol. The SMILES string of the molecule is O=C1C2C3c4ccccc4C(/C=N/Nc4nc5ccccc5[nH]4)(c4ccccc43)C2C(=O)N1c1ccc(Cl)cc1Cl. The zero-order chi connectivity index (χ0) is 27.9. The Morgan fingerprint density at radius 2 is 1.56 bits per heavy atom. The molecule has 200 valence electrons. The van der Waals surface area contributed by atoms with E-state index in [1.807, 2.05) is 60.7 Å². The summed E-state index contributed by atoms with van der Waals surface area (Å²) in [4.78, 5) is 37.8. The van der Waals surface area contributed by atoms with Crippen molar-refractivity contribution in [3.8, 4) is 0 Å². The van der Waals surface area contributed by atoms with Crippen LogP contribution in [0, 0.1) is 11.8 Å². The molecule has 0 spiro atoms. The largest absolute Gasteiger partial charge is 0.323 e. The third-order valence-electron chi connectivity index (χ3n) is 8.66. The van der Waals surface area contributed by atoms with Crippen molar-refractivity contribution in [1.82, 2.24) is 9.97 Å². The van der Waals surface area contributed by atoms with Crippen molar-refractivity contribution in [2.24, 2.45) is 16.9 Å². The number of rotatable bonds is 4. The second-order valence-electron chi connectivity index (χ2n) is 10.6. The second-order valence-corrected chi connectivity index (χ2v) is 11.4. The van der Waals surface area contributed by atoms with Crippen molar-refractivity contribution in [2.75, 3.05) is 10.3 Å². The molecule has 4 aromatic carbocycles. The first-order valence-electron chi connectivity index (χ1n) is 13.3. The minimum absolute atomic E-state index is 0.245. The number of fused-ring (bicyclic) bond motifs is 1. The van der Waals surface area contributed by atoms with Crippen LogP contribution < -0.4 is 10.3 Å². The van der Waals surface area contributed by atoms with E-state index in [-0.39, 0.29) is 22.8 Å². The Morgan fingerprint density at radius 1 is 0.878 bits per heavy atom. The fourth-order valence-corrected chi connectivity index (χ4v) is 7.64. The van der Waals surface area contributed by atoms with E-state index in [1.54, 1.807) is 24.4 Å². The van der Waals surface area contributed by atoms with Gasteiger partial charge in [0.05, 0.1) is 39.0 Å². The van der Waals surface area contributed by atoms with Gasteiger partial charge >= 0.3 is 0 Å². The fraction of sp³-hybridized carbons (Fsp3) is 0.125. The molecular formula is C32H21Cl2N5O2. The lowest BCUT2D eigenvalue weighted by molar-refractivity contribution is -0.122. The first kappa shape index (κ1) is 24.3. The van der Waals surface area contributed by atoms with Crippen molar-refractivity contribution in [3.05, 3.63) is 123 Å². The summed E-state index contributed by atoms with van der Waals surface area (Å²) in [6.07, 6.45) is 1.78. The summed E-state index contributed by atoms with van der Waals surface area (Å²) in [7, 11) is 0. The number of imide groups is 1. The van der Waals surface area contributed by atoms with Gasteiger partial charge in [0.25, 0.3) is 0 Å². The van der Waals surface area contributed by atoms with E-state index in [1.165, 1.54) is 4.90 Å². The number of halogens is 2. The predicted octanol–water partition coefficient (Wildman–Crippen LogP) is 6.52. The minimum atomic E-state index is -1.01. The Bertz CT molecular complexity index is 1870. The quantitative estimate of drug-likeness (QED) is 0.144. The lowest BCUT2D eigenvalue weighted by Crippen LogP contribution is -2.54. The standard InChI is InChI=1S/C32H21Cl2N5O2/c33-17-13-14-25(22(34)15-17)39-29(40)27-26-18-7-1-3-9-20(18)32(28(27)30(39)41,21-10-4-2-8-19(21)26)16-35-38-31-36-23-11-5-6-12-24(23)37-31/h1-16,26-28H,(H2,36,37,38)/b35-16+. The number of imidazole rings is 1. The number of aromatic nitrogens is 2. The van der Waals surface area contributed by atoms with Crippen LogP contribution in [0.25, 0.3) is 11.0 Å². The maximum atomic E-state index is 14.5. The van der Waals surface area contributed by atoms with Crippen molar-refractivity contribution >= 4 is 63.9 Å². The molecule has 1 saturated heterocycles. The molecule has 0 radical (unpaired) electrons. The average molecular weight is 578 g/mol. The number of para-hydroxylation sites is 2. The average Bonchev–Trinajstić information content (AvgIpc) is 3.52. The number of benzene rings is 4. The van der Waals surface area contributed by atoms with Crippen LogP contribution >= 0.6 is 23.2 Å². The summed E-state index contributed by atoms with van der Waals surface area (Å²) in [6.45, 7) is 0. The van der Waals surface area contributed by atoms with Crippen LogP contribution in [0.15, 0.2) is 96.1 Å². The number of amides is 2. The Balaban J connectivity index is 1.32. The van der Waals surface area contributed by atoms with Crippen LogP contribution in [-0.4, -0.2) is 28.0 Å². The number of carbonyl (C=O) groups excluding carboxylic acids is 2. The van der Waals surface area contributed by atoms with Crippen LogP contribution in [0.5, 0.6) is 0 Å². The molecule has 2 unspecified atom stereocenters. The molecule has 2 amide bonds. The van der Waals surface area contributed by atoms with Gasteiger partial charge in [-0.2, -0.15) is 5.10 Å². The number of hydrazone groups is 1. The number of hydrogen-bond acceptors (Lipinski definition) is 5. The molecule has 9 rings (SSSR count). The van der Waals surface area contributed by atoms with Gasteiger partial charge in [0.15, 0.2) is 0 Å². The van der Waals surface area contributed by atoms with Gasteiger partial charge in [-0.1, -0.05) is 83.9 Å². The van der Waals surface area contributed by atoms with E-state index in [4.69, 9.17) is 23.2 Å². The second kappa shape index (κ2) is 8.77. The van der Waals surface area contributed by atoms with Gasteiger partial charge in [-0.05, 0) is 52.6 Å². The molecule has 3 aliphatic carbocycles. The van der Waals surface area contributed by atoms with E-state index in [2.05, 4.69) is 32.6 Å². The molecule has 9 heteroatoms. The highest BCUT2D eigenvalue weighted by molar-refractivity contribution is 6.38. The number of nitrogens with one attached hydrogen (secondary N) is 2. The summed E-state index contributed by atoms with van der Waals surface area (Å²) < 4.78 is 0. The zero-order valence-corrected chi connectivity index (χ0v) is 22.9. The maximum Gasteiger partial charge on any atom is 0.239 e. The van der Waals surface area contributed by atoms with Crippen molar-refractivity contribution in [1.29, 1.82) is 0 Å². The Morgan fingerprint density at radius 3 is 2.27 bits per heavy atom. The molecular weight excluding hydrogens is 557 g/mol. The molecule has 4 aliphatic rings. The van der Waals surface area contributed by atoms with E-state index < -0.39 is 17.3 Å². The highest BCUT2D eigenvalue weighted by Gasteiger charge is 2.68. The monoisotopic (exact) mass is 577 g/mol. The molecule has 0 saturated carbocycles. The van der Waals surface area contributed by atoms with E-state index in [0.717, 1.165) is 33.3 Å². The first-order valence-corrected chi connectivity index (χ1v) is 14.0. The lowest BCUT2D eigenvalue weighted by atomic mass is 9.47. The van der Waals surface area contributed by atoms with E-state index in [0.29, 0.717) is 16.7 Å². The highest BCUT2D eigenvalue weighted by Crippen LogP contribution is 2.63. The first-order chi connectivity index (χ1) is 20.0. The van der Waals surface area contributed by atoms with Crippen molar-refractivity contribution < 1.29 is 9.59 Å². The summed E-state index contributed by atoms with van der Waals surface area (Å²) in [5, 5.41) is 5.35. The van der Waals surface area contributed by atoms with Gasteiger partial charge in [-0.3, -0.25) is 9.59 Å². The number of aromatic amines is 1. The van der Waals surface area contributed by atoms with Crippen LogP contribution in [0.2, 0.25) is 10.0 Å². The summed E-state index contributed by atoms with van der Waals surface area (Å²) in [5.41, 5.74) is 8.02. The maximum absolute atomic E-state index is 14.5. The van der Waals surface area contributed by atoms with Gasteiger partial charge < -0.3 is 4.98 Å². The summed E-state index contributed by atoms with van der Waals surface area (Å²) >= 11 is 12.7. The fourth-order valence-electron chi connectivity index (χ4n) is 7.15. The molecule has 2 N–H and O–H groups in total. The third kappa shape index (κ3) is 3.27. The Kier molecular flexibility index (Phi) is 5.21. The number of hydrogen-bond donors (Lipinski definition) is 2. The molecule has 1 aliphatic heterocycles. The van der Waals surface area contributed by atoms with Gasteiger partial charge in [0.2, 0.25) is 17.8 Å². The van der Waals surface area contributed by atoms with E-state index in [9.17, 15) is 9.59 Å². The van der Waals surface area contributed by atoms with Crippen LogP contribution in [-0.2, 0) is 15.0 Å². The molecule has 1 aromatic heterocycles. The number of nitrogens with zero attached hydrogens (tertiary/aromatic N) is 3. The van der Waals surface area contributed by atoms with Gasteiger partial charge in [0, 0.05) is 17.2 Å². The van der Waals surface area contributed by atoms with E-state index >= 15 is 0 Å². The normalized spacial score (nSPS) is 24.1. The minimum Gasteiger partial charge on any atom is -0.323 e. The molecule has 2 heterocycles. The van der Waals surface area contributed by atoms with Crippen LogP contribution in [0.4, 0.5) is 11.6 Å². The molecule has 1 fully saturated rings. The number of carbonyl (C=O) groups is 2. The molecule has 5 aromatic rings. The van der Waals surface area contributed by atoms with Gasteiger partial charge in [-0.25, -0.2) is 15.3 Å². The molecule has 7 nitrogen and oxygen atoms in total. The zero-order valence-electron chi connectivity index (χ0n) is 21.4.